The number of imidazole rings is 1. The van der Waals surface area contributed by atoms with E-state index in [2.05, 4.69) is 10.3 Å². The number of amides is 1. The largest absolute Gasteiger partial charge is 0.476 e. The van der Waals surface area contributed by atoms with E-state index < -0.39 is 5.97 Å². The molecule has 0 aliphatic heterocycles. The van der Waals surface area contributed by atoms with Crippen LogP contribution in [-0.4, -0.2) is 33.1 Å². The third-order valence-electron chi connectivity index (χ3n) is 1.84. The van der Waals surface area contributed by atoms with E-state index >= 15 is 0 Å². The SMILES string of the molecule is C/C=C/C(=O)NCCn1cnc(C(=O)O)c1. The fourth-order valence-electron chi connectivity index (χ4n) is 1.11. The molecule has 1 rings (SSSR count). The molecular weight excluding hydrogens is 210 g/mol. The number of aromatic nitrogens is 2. The fourth-order valence-corrected chi connectivity index (χ4v) is 1.11. The van der Waals surface area contributed by atoms with E-state index in [1.165, 1.54) is 18.6 Å². The van der Waals surface area contributed by atoms with Crippen molar-refractivity contribution in [2.24, 2.45) is 0 Å². The van der Waals surface area contributed by atoms with Crippen molar-refractivity contribution in [1.82, 2.24) is 14.9 Å². The van der Waals surface area contributed by atoms with Crippen LogP contribution in [0.15, 0.2) is 24.7 Å². The highest BCUT2D eigenvalue weighted by molar-refractivity contribution is 5.87. The summed E-state index contributed by atoms with van der Waals surface area (Å²) in [7, 11) is 0. The van der Waals surface area contributed by atoms with Crippen molar-refractivity contribution >= 4 is 11.9 Å². The van der Waals surface area contributed by atoms with Gasteiger partial charge >= 0.3 is 5.97 Å². The van der Waals surface area contributed by atoms with Crippen LogP contribution in [0.4, 0.5) is 0 Å². The third kappa shape index (κ3) is 3.56. The summed E-state index contributed by atoms with van der Waals surface area (Å²) >= 11 is 0. The highest BCUT2D eigenvalue weighted by Gasteiger charge is 2.05. The smallest absolute Gasteiger partial charge is 0.356 e. The number of carboxylic acids is 1. The molecule has 0 atom stereocenters. The summed E-state index contributed by atoms with van der Waals surface area (Å²) < 4.78 is 1.61. The predicted molar refractivity (Wildman–Crippen MR) is 57.0 cm³/mol. The van der Waals surface area contributed by atoms with Gasteiger partial charge in [-0.25, -0.2) is 9.78 Å². The predicted octanol–water partition coefficient (Wildman–Crippen LogP) is 0.274. The normalized spacial score (nSPS) is 10.6. The lowest BCUT2D eigenvalue weighted by atomic mass is 10.4. The second-order valence-electron chi connectivity index (χ2n) is 3.09. The molecule has 0 aliphatic rings. The molecule has 2 N–H and O–H groups in total. The molecule has 0 unspecified atom stereocenters. The molecule has 6 heteroatoms. The minimum atomic E-state index is -1.06. The van der Waals surface area contributed by atoms with Crippen LogP contribution in [0, 0.1) is 0 Å². The molecule has 1 amide bonds. The number of carbonyl (C=O) groups is 2. The number of allylic oxidation sites excluding steroid dienone is 1. The van der Waals surface area contributed by atoms with E-state index in [-0.39, 0.29) is 11.6 Å². The second kappa shape index (κ2) is 5.69. The first-order chi connectivity index (χ1) is 7.63. The lowest BCUT2D eigenvalue weighted by molar-refractivity contribution is -0.116. The van der Waals surface area contributed by atoms with Gasteiger partial charge in [0.1, 0.15) is 0 Å². The first kappa shape index (κ1) is 12.0. The maximum atomic E-state index is 11.0. The summed E-state index contributed by atoms with van der Waals surface area (Å²) in [5.74, 6) is -1.22. The first-order valence-corrected chi connectivity index (χ1v) is 4.79. The van der Waals surface area contributed by atoms with E-state index in [0.717, 1.165) is 0 Å². The van der Waals surface area contributed by atoms with Crippen molar-refractivity contribution in [2.45, 2.75) is 13.5 Å². The van der Waals surface area contributed by atoms with Gasteiger partial charge in [-0.2, -0.15) is 0 Å². The number of hydrogen-bond donors (Lipinski definition) is 2. The molecule has 0 radical (unpaired) electrons. The zero-order valence-corrected chi connectivity index (χ0v) is 8.88. The molecule has 1 heterocycles. The topological polar surface area (TPSA) is 84.2 Å². The summed E-state index contributed by atoms with van der Waals surface area (Å²) in [4.78, 5) is 25.2. The lowest BCUT2D eigenvalue weighted by Gasteiger charge is -2.02. The Bertz CT molecular complexity index is 409. The Labute approximate surface area is 92.6 Å². The maximum absolute atomic E-state index is 11.0. The highest BCUT2D eigenvalue weighted by atomic mass is 16.4. The Morgan fingerprint density at radius 1 is 1.62 bits per heavy atom. The van der Waals surface area contributed by atoms with E-state index in [9.17, 15) is 9.59 Å². The number of hydrogen-bond acceptors (Lipinski definition) is 3. The number of nitrogens with one attached hydrogen (secondary N) is 1. The fraction of sp³-hybridized carbons (Fsp3) is 0.300. The zero-order chi connectivity index (χ0) is 12.0. The Morgan fingerprint density at radius 3 is 2.94 bits per heavy atom. The monoisotopic (exact) mass is 223 g/mol. The molecule has 6 nitrogen and oxygen atoms in total. The summed E-state index contributed by atoms with van der Waals surface area (Å²) in [6.07, 6.45) is 5.92. The summed E-state index contributed by atoms with van der Waals surface area (Å²) in [6.45, 7) is 2.68. The van der Waals surface area contributed by atoms with Crippen LogP contribution in [-0.2, 0) is 11.3 Å². The summed E-state index contributed by atoms with van der Waals surface area (Å²) in [5, 5.41) is 11.3. The molecule has 0 fully saturated rings. The molecule has 0 saturated carbocycles. The Hall–Kier alpha value is -2.11. The number of nitrogens with zero attached hydrogens (tertiary/aromatic N) is 2. The standard InChI is InChI=1S/C10H13N3O3/c1-2-3-9(14)11-4-5-13-6-8(10(15)16)12-7-13/h2-3,6-7H,4-5H2,1H3,(H,11,14)(H,15,16)/b3-2+. The Kier molecular flexibility index (Phi) is 4.26. The van der Waals surface area contributed by atoms with Crippen molar-refractivity contribution in [3.05, 3.63) is 30.4 Å². The quantitative estimate of drug-likeness (QED) is 0.702. The van der Waals surface area contributed by atoms with Gasteiger partial charge in [-0.05, 0) is 13.0 Å². The average Bonchev–Trinajstić information content (AvgIpc) is 2.67. The van der Waals surface area contributed by atoms with Gasteiger partial charge in [0, 0.05) is 19.3 Å². The molecular formula is C10H13N3O3. The van der Waals surface area contributed by atoms with Crippen LogP contribution in [0.2, 0.25) is 0 Å². The van der Waals surface area contributed by atoms with Gasteiger partial charge in [-0.3, -0.25) is 4.79 Å². The van der Waals surface area contributed by atoms with Crippen LogP contribution in [0.25, 0.3) is 0 Å². The van der Waals surface area contributed by atoms with Crippen molar-refractivity contribution in [1.29, 1.82) is 0 Å². The molecule has 1 aromatic heterocycles. The average molecular weight is 223 g/mol. The second-order valence-corrected chi connectivity index (χ2v) is 3.09. The molecule has 0 bridgehead atoms. The van der Waals surface area contributed by atoms with E-state index in [4.69, 9.17) is 5.11 Å². The minimum absolute atomic E-state index is 0.000203. The van der Waals surface area contributed by atoms with E-state index in [1.807, 2.05) is 0 Å². The van der Waals surface area contributed by atoms with Crippen LogP contribution in [0.1, 0.15) is 17.4 Å². The zero-order valence-electron chi connectivity index (χ0n) is 8.88. The first-order valence-electron chi connectivity index (χ1n) is 4.79. The molecule has 0 saturated heterocycles. The van der Waals surface area contributed by atoms with Crippen molar-refractivity contribution in [3.63, 3.8) is 0 Å². The number of carbonyl (C=O) groups excluding carboxylic acids is 1. The van der Waals surface area contributed by atoms with E-state index in [0.29, 0.717) is 13.1 Å². The van der Waals surface area contributed by atoms with Gasteiger partial charge in [-0.15, -0.1) is 0 Å². The van der Waals surface area contributed by atoms with Gasteiger partial charge in [0.2, 0.25) is 5.91 Å². The molecule has 16 heavy (non-hydrogen) atoms. The summed E-state index contributed by atoms with van der Waals surface area (Å²) in [5.41, 5.74) is -0.000203. The van der Waals surface area contributed by atoms with Crippen LogP contribution >= 0.6 is 0 Å². The van der Waals surface area contributed by atoms with Crippen molar-refractivity contribution in [2.75, 3.05) is 6.54 Å². The maximum Gasteiger partial charge on any atom is 0.356 e. The number of aromatic carboxylic acids is 1. The lowest BCUT2D eigenvalue weighted by Crippen LogP contribution is -2.25. The minimum Gasteiger partial charge on any atom is -0.476 e. The number of rotatable bonds is 5. The Morgan fingerprint density at radius 2 is 2.38 bits per heavy atom. The summed E-state index contributed by atoms with van der Waals surface area (Å²) in [6, 6.07) is 0. The highest BCUT2D eigenvalue weighted by Crippen LogP contribution is 1.95. The van der Waals surface area contributed by atoms with Crippen molar-refractivity contribution in [3.8, 4) is 0 Å². The van der Waals surface area contributed by atoms with Gasteiger partial charge in [0.15, 0.2) is 5.69 Å². The van der Waals surface area contributed by atoms with E-state index in [1.54, 1.807) is 17.6 Å². The molecule has 0 aliphatic carbocycles. The van der Waals surface area contributed by atoms with Gasteiger partial charge < -0.3 is 15.0 Å². The number of carboxylic acid groups (broad SMARTS) is 1. The van der Waals surface area contributed by atoms with Crippen molar-refractivity contribution < 1.29 is 14.7 Å². The van der Waals surface area contributed by atoms with Gasteiger partial charge in [-0.1, -0.05) is 6.08 Å². The molecule has 1 aromatic rings. The van der Waals surface area contributed by atoms with Gasteiger partial charge in [0.05, 0.1) is 6.33 Å². The molecule has 0 aromatic carbocycles. The third-order valence-corrected chi connectivity index (χ3v) is 1.84. The van der Waals surface area contributed by atoms with Gasteiger partial charge in [0.25, 0.3) is 0 Å². The van der Waals surface area contributed by atoms with Crippen LogP contribution < -0.4 is 5.32 Å². The van der Waals surface area contributed by atoms with Crippen LogP contribution in [0.5, 0.6) is 0 Å². The molecule has 86 valence electrons. The Balaban J connectivity index is 2.37. The molecule has 0 spiro atoms. The van der Waals surface area contributed by atoms with Crippen LogP contribution in [0.3, 0.4) is 0 Å².